The summed E-state index contributed by atoms with van der Waals surface area (Å²) >= 11 is 0. The lowest BCUT2D eigenvalue weighted by molar-refractivity contribution is -0.870. The van der Waals surface area contributed by atoms with Crippen molar-refractivity contribution >= 4 is 13.8 Å². The van der Waals surface area contributed by atoms with E-state index in [1.807, 2.05) is 21.1 Å². The number of hydrogen-bond donors (Lipinski definition) is 0. The summed E-state index contributed by atoms with van der Waals surface area (Å²) in [4.78, 5) is 25.1. The van der Waals surface area contributed by atoms with Crippen molar-refractivity contribution in [2.45, 2.75) is 193 Å². The SMILES string of the molecule is CCCCC/C=C\C/C=C\CCCCCCCCOCC(COP(=O)([O-])OCC[N+](C)(C)C)OC(=O)CCCCCCCCC/C=C\C/C=C\CCCCCC. The number of esters is 1. The molecule has 0 radical (unpaired) electrons. The number of carbonyl (C=O) groups is 1. The van der Waals surface area contributed by atoms with E-state index >= 15 is 0 Å². The maximum atomic E-state index is 12.7. The number of allylic oxidation sites excluding steroid dienone is 8. The molecule has 0 N–H and O–H groups in total. The minimum absolute atomic E-state index is 0.0208. The van der Waals surface area contributed by atoms with Crippen molar-refractivity contribution in [1.82, 2.24) is 0 Å². The zero-order valence-electron chi connectivity index (χ0n) is 37.1. The highest BCUT2D eigenvalue weighted by Gasteiger charge is 2.20. The average molecular weight is 810 g/mol. The number of unbranched alkanes of at least 4 members (excludes halogenated alkanes) is 20. The summed E-state index contributed by atoms with van der Waals surface area (Å²) < 4.78 is 34.6. The molecule has 0 fully saturated rings. The number of phosphoric ester groups is 1. The summed E-state index contributed by atoms with van der Waals surface area (Å²) in [6.07, 6.45) is 48.3. The van der Waals surface area contributed by atoms with Gasteiger partial charge in [-0.25, -0.2) is 0 Å². The van der Waals surface area contributed by atoms with Gasteiger partial charge in [0, 0.05) is 13.0 Å². The van der Waals surface area contributed by atoms with Crippen LogP contribution in [-0.2, 0) is 27.9 Å². The third kappa shape index (κ3) is 43.6. The third-order valence-electron chi connectivity index (χ3n) is 9.60. The van der Waals surface area contributed by atoms with E-state index < -0.39 is 13.9 Å². The van der Waals surface area contributed by atoms with Crippen molar-refractivity contribution in [2.75, 3.05) is 54.1 Å². The molecule has 8 nitrogen and oxygen atoms in total. The Morgan fingerprint density at radius 2 is 0.982 bits per heavy atom. The van der Waals surface area contributed by atoms with Crippen molar-refractivity contribution < 1.29 is 37.3 Å². The van der Waals surface area contributed by atoms with Gasteiger partial charge < -0.3 is 27.9 Å². The van der Waals surface area contributed by atoms with Crippen molar-refractivity contribution in [2.24, 2.45) is 0 Å². The predicted molar refractivity (Wildman–Crippen MR) is 236 cm³/mol. The number of hydrogen-bond acceptors (Lipinski definition) is 7. The molecule has 0 aliphatic rings. The molecule has 0 heterocycles. The van der Waals surface area contributed by atoms with Crippen LogP contribution in [0.15, 0.2) is 48.6 Å². The highest BCUT2D eigenvalue weighted by Crippen LogP contribution is 2.38. The largest absolute Gasteiger partial charge is 0.756 e. The fourth-order valence-corrected chi connectivity index (χ4v) is 6.75. The molecule has 0 aliphatic heterocycles. The number of carbonyl (C=O) groups excluding carboxylic acids is 1. The zero-order valence-corrected chi connectivity index (χ0v) is 38.0. The van der Waals surface area contributed by atoms with Crippen molar-refractivity contribution in [3.05, 3.63) is 48.6 Å². The number of phosphoric acid groups is 1. The van der Waals surface area contributed by atoms with Gasteiger partial charge in [0.1, 0.15) is 19.3 Å². The van der Waals surface area contributed by atoms with E-state index in [1.165, 1.54) is 103 Å². The first-order valence-electron chi connectivity index (χ1n) is 22.9. The summed E-state index contributed by atoms with van der Waals surface area (Å²) in [5, 5.41) is 0. The average Bonchev–Trinajstić information content (AvgIpc) is 3.15. The van der Waals surface area contributed by atoms with Crippen LogP contribution in [0.3, 0.4) is 0 Å². The molecular formula is C47H88NO7P. The van der Waals surface area contributed by atoms with Gasteiger partial charge in [-0.15, -0.1) is 0 Å². The Kier molecular flexibility index (Phi) is 39.1. The van der Waals surface area contributed by atoms with Gasteiger partial charge in [0.05, 0.1) is 34.4 Å². The molecule has 0 aliphatic carbocycles. The summed E-state index contributed by atoms with van der Waals surface area (Å²) in [6, 6.07) is 0. The van der Waals surface area contributed by atoms with Crippen LogP contribution in [0.2, 0.25) is 0 Å². The zero-order chi connectivity index (χ0) is 41.3. The van der Waals surface area contributed by atoms with Gasteiger partial charge in [-0.2, -0.15) is 0 Å². The highest BCUT2D eigenvalue weighted by atomic mass is 31.2. The molecule has 0 bridgehead atoms. The van der Waals surface area contributed by atoms with Crippen LogP contribution in [-0.4, -0.2) is 70.7 Å². The number of likely N-dealkylation sites (N-methyl/N-ethyl adjacent to an activating group) is 1. The standard InChI is InChI=1S/C47H88NO7P/c1-6-8-10-12-14-16-18-20-22-24-25-26-28-30-32-34-36-38-40-47(49)55-46(45-54-56(50,51)53-43-41-48(3,4)5)44-52-42-39-37-35-33-31-29-27-23-21-19-17-15-13-11-9-7-2/h15-18,21-24,46H,6-14,19-20,25-45H2,1-5H3/b17-15-,18-16-,23-21-,24-22-. The van der Waals surface area contributed by atoms with E-state index in [4.69, 9.17) is 18.5 Å². The number of quaternary nitrogens is 1. The molecule has 2 atom stereocenters. The molecule has 9 heteroatoms. The molecule has 0 amide bonds. The van der Waals surface area contributed by atoms with Gasteiger partial charge in [0.25, 0.3) is 7.82 Å². The normalized spacial score (nSPS) is 14.2. The van der Waals surface area contributed by atoms with Gasteiger partial charge in [0.15, 0.2) is 0 Å². The Morgan fingerprint density at radius 1 is 0.554 bits per heavy atom. The van der Waals surface area contributed by atoms with Crippen molar-refractivity contribution in [3.8, 4) is 0 Å². The van der Waals surface area contributed by atoms with Gasteiger partial charge >= 0.3 is 5.97 Å². The fraction of sp³-hybridized carbons (Fsp3) is 0.809. The lowest BCUT2D eigenvalue weighted by Crippen LogP contribution is -2.37. The van der Waals surface area contributed by atoms with Crippen molar-refractivity contribution in [1.29, 1.82) is 0 Å². The van der Waals surface area contributed by atoms with Gasteiger partial charge in [-0.3, -0.25) is 9.36 Å². The van der Waals surface area contributed by atoms with E-state index in [0.717, 1.165) is 64.2 Å². The van der Waals surface area contributed by atoms with E-state index in [1.54, 1.807) is 0 Å². The van der Waals surface area contributed by atoms with E-state index in [2.05, 4.69) is 62.5 Å². The Balaban J connectivity index is 4.25. The van der Waals surface area contributed by atoms with Crippen LogP contribution in [0, 0.1) is 0 Å². The van der Waals surface area contributed by atoms with Crippen LogP contribution in [0.5, 0.6) is 0 Å². The maximum absolute atomic E-state index is 12.7. The Morgan fingerprint density at radius 3 is 1.48 bits per heavy atom. The predicted octanol–water partition coefficient (Wildman–Crippen LogP) is 12.9. The lowest BCUT2D eigenvalue weighted by atomic mass is 10.1. The van der Waals surface area contributed by atoms with Gasteiger partial charge in [0.2, 0.25) is 0 Å². The summed E-state index contributed by atoms with van der Waals surface area (Å²) in [5.41, 5.74) is 0. The smallest absolute Gasteiger partial charge is 0.306 e. The second kappa shape index (κ2) is 40.2. The molecule has 0 saturated heterocycles. The second-order valence-corrected chi connectivity index (χ2v) is 17.8. The van der Waals surface area contributed by atoms with Gasteiger partial charge in [-0.05, 0) is 77.0 Å². The highest BCUT2D eigenvalue weighted by molar-refractivity contribution is 7.45. The topological polar surface area (TPSA) is 94.1 Å². The maximum Gasteiger partial charge on any atom is 0.306 e. The molecule has 0 rings (SSSR count). The first-order chi connectivity index (χ1) is 27.1. The quantitative estimate of drug-likeness (QED) is 0.0199. The molecule has 0 saturated carbocycles. The summed E-state index contributed by atoms with van der Waals surface area (Å²) in [6.45, 7) is 5.34. The first-order valence-corrected chi connectivity index (χ1v) is 24.3. The minimum atomic E-state index is -4.53. The van der Waals surface area contributed by atoms with E-state index in [0.29, 0.717) is 24.1 Å². The Bertz CT molecular complexity index is 1040. The van der Waals surface area contributed by atoms with Gasteiger partial charge in [-0.1, -0.05) is 152 Å². The third-order valence-corrected chi connectivity index (χ3v) is 10.6. The van der Waals surface area contributed by atoms with Crippen LogP contribution in [0.1, 0.15) is 187 Å². The fourth-order valence-electron chi connectivity index (χ4n) is 6.02. The van der Waals surface area contributed by atoms with Crippen LogP contribution >= 0.6 is 7.82 Å². The molecular weight excluding hydrogens is 721 g/mol. The van der Waals surface area contributed by atoms with Crippen LogP contribution < -0.4 is 4.89 Å². The Hall–Kier alpha value is -1.54. The Labute approximate surface area is 346 Å². The second-order valence-electron chi connectivity index (χ2n) is 16.4. The van der Waals surface area contributed by atoms with E-state index in [9.17, 15) is 14.3 Å². The minimum Gasteiger partial charge on any atom is -0.756 e. The first kappa shape index (κ1) is 54.5. The molecule has 328 valence electrons. The van der Waals surface area contributed by atoms with Crippen LogP contribution in [0.4, 0.5) is 0 Å². The molecule has 2 unspecified atom stereocenters. The number of nitrogens with zero attached hydrogens (tertiary/aromatic N) is 1. The number of ether oxygens (including phenoxy) is 2. The molecule has 0 aromatic heterocycles. The number of rotatable bonds is 42. The molecule has 0 aromatic carbocycles. The molecule has 0 spiro atoms. The van der Waals surface area contributed by atoms with E-state index in [-0.39, 0.29) is 25.8 Å². The van der Waals surface area contributed by atoms with Crippen LogP contribution in [0.25, 0.3) is 0 Å². The van der Waals surface area contributed by atoms with Crippen molar-refractivity contribution in [3.63, 3.8) is 0 Å². The summed E-state index contributed by atoms with van der Waals surface area (Å²) in [7, 11) is 1.34. The molecule has 0 aromatic rings. The lowest BCUT2D eigenvalue weighted by Gasteiger charge is -2.28. The summed E-state index contributed by atoms with van der Waals surface area (Å²) in [5.74, 6) is -0.347. The monoisotopic (exact) mass is 810 g/mol. The molecule has 56 heavy (non-hydrogen) atoms.